The maximum Gasteiger partial charge on any atom is 0.319 e. The van der Waals surface area contributed by atoms with E-state index in [1.165, 1.54) is 12.7 Å². The van der Waals surface area contributed by atoms with Crippen LogP contribution in [0, 0.1) is 0 Å². The summed E-state index contributed by atoms with van der Waals surface area (Å²) in [6.07, 6.45) is 4.67. The van der Waals surface area contributed by atoms with Crippen molar-refractivity contribution < 1.29 is 9.53 Å². The van der Waals surface area contributed by atoms with Gasteiger partial charge in [0.15, 0.2) is 0 Å². The van der Waals surface area contributed by atoms with Crippen molar-refractivity contribution in [2.45, 2.75) is 19.9 Å². The van der Waals surface area contributed by atoms with Gasteiger partial charge >= 0.3 is 5.97 Å². The van der Waals surface area contributed by atoms with Gasteiger partial charge in [0.25, 0.3) is 0 Å². The maximum atomic E-state index is 11.4. The van der Waals surface area contributed by atoms with Crippen molar-refractivity contribution in [1.29, 1.82) is 0 Å². The van der Waals surface area contributed by atoms with Gasteiger partial charge in [0.1, 0.15) is 0 Å². The smallest absolute Gasteiger partial charge is 0.319 e. The second kappa shape index (κ2) is 7.59. The number of benzene rings is 1. The first kappa shape index (κ1) is 15.3. The van der Waals surface area contributed by atoms with Crippen LogP contribution in [-0.4, -0.2) is 40.8 Å². The van der Waals surface area contributed by atoms with Gasteiger partial charge in [0.2, 0.25) is 0 Å². The summed E-state index contributed by atoms with van der Waals surface area (Å²) < 4.78 is 6.56. The zero-order valence-corrected chi connectivity index (χ0v) is 12.5. The summed E-state index contributed by atoms with van der Waals surface area (Å²) >= 11 is 0. The lowest BCUT2D eigenvalue weighted by atomic mass is 10.2. The van der Waals surface area contributed by atoms with Gasteiger partial charge in [-0.25, -0.2) is 4.68 Å². The van der Waals surface area contributed by atoms with E-state index >= 15 is 0 Å². The van der Waals surface area contributed by atoms with Crippen LogP contribution in [0.25, 0.3) is 5.69 Å². The first-order chi connectivity index (χ1) is 10.2. The van der Waals surface area contributed by atoms with Crippen molar-refractivity contribution in [3.8, 4) is 5.69 Å². The van der Waals surface area contributed by atoms with E-state index < -0.39 is 0 Å². The maximum absolute atomic E-state index is 11.4. The molecule has 2 aromatic rings. The van der Waals surface area contributed by atoms with Gasteiger partial charge in [-0.05, 0) is 36.7 Å². The molecular weight excluding hydrogens is 266 g/mol. The minimum Gasteiger partial charge on any atom is -0.468 e. The number of hydrogen-bond donors (Lipinski definition) is 0. The fraction of sp³-hybridized carbons (Fsp3) is 0.375. The Morgan fingerprint density at radius 3 is 2.67 bits per heavy atom. The SMILES string of the molecule is CCCN(CC(=O)OC)Cc1ccc(-n2cccn2)cc1. The third-order valence-corrected chi connectivity index (χ3v) is 3.23. The van der Waals surface area contributed by atoms with Crippen LogP contribution in [0.1, 0.15) is 18.9 Å². The molecule has 21 heavy (non-hydrogen) atoms. The second-order valence-corrected chi connectivity index (χ2v) is 4.90. The van der Waals surface area contributed by atoms with Gasteiger partial charge in [0.05, 0.1) is 19.3 Å². The van der Waals surface area contributed by atoms with Crippen LogP contribution in [0.4, 0.5) is 0 Å². The Balaban J connectivity index is 2.01. The highest BCUT2D eigenvalue weighted by Gasteiger charge is 2.10. The van der Waals surface area contributed by atoms with Crippen molar-refractivity contribution >= 4 is 5.97 Å². The highest BCUT2D eigenvalue weighted by atomic mass is 16.5. The van der Waals surface area contributed by atoms with Crippen LogP contribution in [0.15, 0.2) is 42.7 Å². The molecule has 0 saturated carbocycles. The molecule has 0 radical (unpaired) electrons. The number of methoxy groups -OCH3 is 1. The first-order valence-electron chi connectivity index (χ1n) is 7.11. The number of carbonyl (C=O) groups excluding carboxylic acids is 1. The average molecular weight is 287 g/mol. The summed E-state index contributed by atoms with van der Waals surface area (Å²) in [7, 11) is 1.42. The van der Waals surface area contributed by atoms with Crippen LogP contribution in [0.5, 0.6) is 0 Å². The molecule has 0 aliphatic rings. The number of nitrogens with zero attached hydrogens (tertiary/aromatic N) is 3. The van der Waals surface area contributed by atoms with Gasteiger partial charge in [-0.15, -0.1) is 0 Å². The van der Waals surface area contributed by atoms with Crippen molar-refractivity contribution in [1.82, 2.24) is 14.7 Å². The normalized spacial score (nSPS) is 10.8. The van der Waals surface area contributed by atoms with Crippen molar-refractivity contribution in [2.24, 2.45) is 0 Å². The summed E-state index contributed by atoms with van der Waals surface area (Å²) in [4.78, 5) is 13.5. The largest absolute Gasteiger partial charge is 0.468 e. The Kier molecular flexibility index (Phi) is 5.51. The summed E-state index contributed by atoms with van der Waals surface area (Å²) in [5.41, 5.74) is 2.20. The zero-order chi connectivity index (χ0) is 15.1. The average Bonchev–Trinajstić information content (AvgIpc) is 3.02. The third kappa shape index (κ3) is 4.43. The van der Waals surface area contributed by atoms with Gasteiger partial charge < -0.3 is 4.74 Å². The van der Waals surface area contributed by atoms with Gasteiger partial charge in [-0.1, -0.05) is 19.1 Å². The number of aromatic nitrogens is 2. The van der Waals surface area contributed by atoms with E-state index in [2.05, 4.69) is 29.1 Å². The molecule has 1 aromatic carbocycles. The summed E-state index contributed by atoms with van der Waals surface area (Å²) in [6, 6.07) is 10.1. The molecule has 0 amide bonds. The molecule has 112 valence electrons. The standard InChI is InChI=1S/C16H21N3O2/c1-3-10-18(13-16(20)21-2)12-14-5-7-15(8-6-14)19-11-4-9-17-19/h4-9,11H,3,10,12-13H2,1-2H3. The fourth-order valence-electron chi connectivity index (χ4n) is 2.21. The third-order valence-electron chi connectivity index (χ3n) is 3.23. The van der Waals surface area contributed by atoms with Crippen molar-refractivity contribution in [2.75, 3.05) is 20.2 Å². The summed E-state index contributed by atoms with van der Waals surface area (Å²) in [6.45, 7) is 4.04. The summed E-state index contributed by atoms with van der Waals surface area (Å²) in [5.74, 6) is -0.198. The van der Waals surface area contributed by atoms with Crippen molar-refractivity contribution in [3.63, 3.8) is 0 Å². The van der Waals surface area contributed by atoms with E-state index in [0.29, 0.717) is 6.54 Å². The Morgan fingerprint density at radius 1 is 1.33 bits per heavy atom. The molecule has 0 atom stereocenters. The van der Waals surface area contributed by atoms with Gasteiger partial charge in [0, 0.05) is 18.9 Å². The van der Waals surface area contributed by atoms with E-state index in [1.807, 2.05) is 29.1 Å². The first-order valence-corrected chi connectivity index (χ1v) is 7.11. The van der Waals surface area contributed by atoms with Crippen LogP contribution in [0.2, 0.25) is 0 Å². The molecule has 0 N–H and O–H groups in total. The molecule has 1 aromatic heterocycles. The molecule has 0 saturated heterocycles. The summed E-state index contributed by atoms with van der Waals surface area (Å²) in [5, 5.41) is 4.20. The Hall–Kier alpha value is -2.14. The second-order valence-electron chi connectivity index (χ2n) is 4.90. The molecule has 0 fully saturated rings. The number of ether oxygens (including phenoxy) is 1. The Morgan fingerprint density at radius 2 is 2.10 bits per heavy atom. The van der Waals surface area contributed by atoms with E-state index in [0.717, 1.165) is 25.2 Å². The Bertz CT molecular complexity index is 549. The van der Waals surface area contributed by atoms with Gasteiger partial charge in [-0.3, -0.25) is 9.69 Å². The van der Waals surface area contributed by atoms with E-state index in [1.54, 1.807) is 6.20 Å². The highest BCUT2D eigenvalue weighted by molar-refractivity contribution is 5.71. The van der Waals surface area contributed by atoms with E-state index in [9.17, 15) is 4.79 Å². The monoisotopic (exact) mass is 287 g/mol. The molecule has 2 rings (SSSR count). The number of hydrogen-bond acceptors (Lipinski definition) is 4. The number of rotatable bonds is 7. The van der Waals surface area contributed by atoms with E-state index in [4.69, 9.17) is 4.74 Å². The minimum absolute atomic E-state index is 0.198. The highest BCUT2D eigenvalue weighted by Crippen LogP contribution is 2.11. The molecule has 5 heteroatoms. The molecule has 5 nitrogen and oxygen atoms in total. The molecule has 0 aliphatic carbocycles. The molecule has 0 aliphatic heterocycles. The zero-order valence-electron chi connectivity index (χ0n) is 12.5. The van der Waals surface area contributed by atoms with Crippen LogP contribution >= 0.6 is 0 Å². The lowest BCUT2D eigenvalue weighted by Gasteiger charge is -2.20. The fourth-order valence-corrected chi connectivity index (χ4v) is 2.21. The minimum atomic E-state index is -0.198. The van der Waals surface area contributed by atoms with Crippen molar-refractivity contribution in [3.05, 3.63) is 48.3 Å². The number of carbonyl (C=O) groups is 1. The molecular formula is C16H21N3O2. The topological polar surface area (TPSA) is 47.4 Å². The lowest BCUT2D eigenvalue weighted by molar-refractivity contribution is -0.142. The molecule has 0 bridgehead atoms. The number of esters is 1. The molecule has 0 unspecified atom stereocenters. The Labute approximate surface area is 125 Å². The molecule has 1 heterocycles. The van der Waals surface area contributed by atoms with Crippen LogP contribution < -0.4 is 0 Å². The van der Waals surface area contributed by atoms with Crippen LogP contribution in [-0.2, 0) is 16.1 Å². The van der Waals surface area contributed by atoms with E-state index in [-0.39, 0.29) is 5.97 Å². The quantitative estimate of drug-likeness (QED) is 0.733. The lowest BCUT2D eigenvalue weighted by Crippen LogP contribution is -2.30. The predicted molar refractivity (Wildman–Crippen MR) is 81.1 cm³/mol. The molecule has 0 spiro atoms. The van der Waals surface area contributed by atoms with Gasteiger partial charge in [-0.2, -0.15) is 5.10 Å². The van der Waals surface area contributed by atoms with Crippen LogP contribution in [0.3, 0.4) is 0 Å². The predicted octanol–water partition coefficient (Wildman–Crippen LogP) is 2.26.